The zero-order valence-corrected chi connectivity index (χ0v) is 23.8. The molecule has 1 aliphatic carbocycles. The average Bonchev–Trinajstić information content (AvgIpc) is 3.30. The first-order valence-corrected chi connectivity index (χ1v) is 14.5. The molecule has 9 heteroatoms. The maximum atomic E-state index is 13.7. The number of pyridine rings is 1. The smallest absolute Gasteiger partial charge is 0.341 e. The molecule has 1 N–H and O–H groups in total. The molecule has 2 aliphatic rings. The number of hydrogen-bond acceptors (Lipinski definition) is 8. The van der Waals surface area contributed by atoms with Crippen molar-refractivity contribution < 1.29 is 23.9 Å². The number of likely N-dealkylation sites (N-methyl/N-ethyl adjacent to an activating group) is 1. The highest BCUT2D eigenvalue weighted by molar-refractivity contribution is 7.17. The fourth-order valence-electron chi connectivity index (χ4n) is 5.61. The van der Waals surface area contributed by atoms with Crippen LogP contribution in [-0.2, 0) is 40.1 Å². The van der Waals surface area contributed by atoms with Crippen LogP contribution >= 0.6 is 11.3 Å². The molecule has 3 heterocycles. The first-order valence-electron chi connectivity index (χ1n) is 13.7. The predicted molar refractivity (Wildman–Crippen MR) is 151 cm³/mol. The van der Waals surface area contributed by atoms with E-state index in [1.54, 1.807) is 6.92 Å². The van der Waals surface area contributed by atoms with E-state index < -0.39 is 23.9 Å². The molecule has 0 spiro atoms. The second kappa shape index (κ2) is 11.4. The third-order valence-corrected chi connectivity index (χ3v) is 9.00. The Balaban J connectivity index is 1.44. The van der Waals surface area contributed by atoms with Gasteiger partial charge in [-0.15, -0.1) is 11.3 Å². The minimum Gasteiger partial charge on any atom is -0.465 e. The maximum absolute atomic E-state index is 13.7. The van der Waals surface area contributed by atoms with Crippen LogP contribution in [0.1, 0.15) is 76.0 Å². The standard InChI is InChI=1S/C30H35N3O5S/c1-5-23(27(34)32-28-26(29(35)37-4)19-12-11-17(3)15-24(19)39-28)38-30(36)25-18-9-7-8-10-21(18)31-22-13-14-33(6-2)16-20(22)25/h7-10,17,23H,5-6,11-16H2,1-4H3,(H,32,34). The highest BCUT2D eigenvalue weighted by Gasteiger charge is 2.32. The van der Waals surface area contributed by atoms with E-state index >= 15 is 0 Å². The van der Waals surface area contributed by atoms with E-state index in [9.17, 15) is 14.4 Å². The molecule has 0 saturated carbocycles. The number of rotatable bonds is 7. The van der Waals surface area contributed by atoms with Crippen molar-refractivity contribution >= 4 is 45.1 Å². The number of benzene rings is 1. The molecule has 0 bridgehead atoms. The SMILES string of the molecule is CCC(OC(=O)c1c2c(nc3ccccc13)CCN(CC)C2)C(=O)Nc1sc2c(c1C(=O)OC)CCC(C)C2. The number of carbonyl (C=O) groups is 3. The quantitative estimate of drug-likeness (QED) is 0.407. The molecule has 206 valence electrons. The molecule has 39 heavy (non-hydrogen) atoms. The summed E-state index contributed by atoms with van der Waals surface area (Å²) in [4.78, 5) is 48.1. The lowest BCUT2D eigenvalue weighted by Gasteiger charge is -2.29. The molecule has 8 nitrogen and oxygen atoms in total. The van der Waals surface area contributed by atoms with E-state index in [2.05, 4.69) is 24.1 Å². The van der Waals surface area contributed by atoms with Crippen LogP contribution in [0.4, 0.5) is 5.00 Å². The van der Waals surface area contributed by atoms with E-state index in [1.807, 2.05) is 24.3 Å². The summed E-state index contributed by atoms with van der Waals surface area (Å²) in [6.45, 7) is 8.45. The van der Waals surface area contributed by atoms with Gasteiger partial charge < -0.3 is 14.8 Å². The summed E-state index contributed by atoms with van der Waals surface area (Å²) in [5.74, 6) is -0.931. The number of ether oxygens (including phenoxy) is 2. The molecular weight excluding hydrogens is 514 g/mol. The molecule has 1 aromatic carbocycles. The zero-order valence-electron chi connectivity index (χ0n) is 23.0. The average molecular weight is 550 g/mol. The summed E-state index contributed by atoms with van der Waals surface area (Å²) < 4.78 is 11.0. The zero-order chi connectivity index (χ0) is 27.7. The predicted octanol–water partition coefficient (Wildman–Crippen LogP) is 5.16. The van der Waals surface area contributed by atoms with Gasteiger partial charge in [0, 0.05) is 41.0 Å². The van der Waals surface area contributed by atoms with Gasteiger partial charge >= 0.3 is 11.9 Å². The molecule has 2 unspecified atom stereocenters. The van der Waals surface area contributed by atoms with Crippen molar-refractivity contribution in [2.24, 2.45) is 5.92 Å². The van der Waals surface area contributed by atoms with Crippen LogP contribution in [0.2, 0.25) is 0 Å². The largest absolute Gasteiger partial charge is 0.465 e. The number of anilines is 1. The number of thiophene rings is 1. The van der Waals surface area contributed by atoms with Gasteiger partial charge in [-0.25, -0.2) is 9.59 Å². The molecule has 2 aromatic heterocycles. The van der Waals surface area contributed by atoms with Crippen molar-refractivity contribution in [1.82, 2.24) is 9.88 Å². The van der Waals surface area contributed by atoms with Crippen LogP contribution in [-0.4, -0.2) is 54.0 Å². The van der Waals surface area contributed by atoms with Gasteiger partial charge in [-0.2, -0.15) is 0 Å². The highest BCUT2D eigenvalue weighted by atomic mass is 32.1. The van der Waals surface area contributed by atoms with Crippen LogP contribution in [0, 0.1) is 5.92 Å². The van der Waals surface area contributed by atoms with Gasteiger partial charge in [0.15, 0.2) is 6.10 Å². The Morgan fingerprint density at radius 2 is 1.92 bits per heavy atom. The monoisotopic (exact) mass is 549 g/mol. The number of hydrogen-bond donors (Lipinski definition) is 1. The molecule has 0 radical (unpaired) electrons. The van der Waals surface area contributed by atoms with Gasteiger partial charge in [-0.05, 0) is 49.8 Å². The highest BCUT2D eigenvalue weighted by Crippen LogP contribution is 2.40. The molecule has 1 amide bonds. The van der Waals surface area contributed by atoms with E-state index in [-0.39, 0.29) is 0 Å². The minimum atomic E-state index is -1.02. The van der Waals surface area contributed by atoms with Crippen LogP contribution in [0.5, 0.6) is 0 Å². The van der Waals surface area contributed by atoms with Crippen molar-refractivity contribution in [2.75, 3.05) is 25.5 Å². The van der Waals surface area contributed by atoms with Crippen molar-refractivity contribution in [1.29, 1.82) is 0 Å². The van der Waals surface area contributed by atoms with Gasteiger partial charge in [0.1, 0.15) is 5.00 Å². The number of aromatic nitrogens is 1. The van der Waals surface area contributed by atoms with Crippen molar-refractivity contribution in [3.8, 4) is 0 Å². The Labute approximate surface area is 232 Å². The van der Waals surface area contributed by atoms with Crippen LogP contribution in [0.3, 0.4) is 0 Å². The Morgan fingerprint density at radius 1 is 1.13 bits per heavy atom. The van der Waals surface area contributed by atoms with Crippen molar-refractivity contribution in [2.45, 2.75) is 65.5 Å². The molecule has 1 aliphatic heterocycles. The fraction of sp³-hybridized carbons (Fsp3) is 0.467. The van der Waals surface area contributed by atoms with E-state index in [4.69, 9.17) is 14.5 Å². The van der Waals surface area contributed by atoms with Crippen LogP contribution < -0.4 is 5.32 Å². The summed E-state index contributed by atoms with van der Waals surface area (Å²) in [5, 5.41) is 4.09. The Hall–Kier alpha value is -3.30. The number of fused-ring (bicyclic) bond motifs is 3. The minimum absolute atomic E-state index is 0.291. The number of para-hydroxylation sites is 1. The molecule has 3 aromatic rings. The van der Waals surface area contributed by atoms with E-state index in [1.165, 1.54) is 18.4 Å². The number of carbonyl (C=O) groups excluding carboxylic acids is 3. The summed E-state index contributed by atoms with van der Waals surface area (Å²) in [6, 6.07) is 7.56. The topological polar surface area (TPSA) is 97.8 Å². The molecule has 0 saturated heterocycles. The second-order valence-electron chi connectivity index (χ2n) is 10.4. The van der Waals surface area contributed by atoms with E-state index in [0.717, 1.165) is 71.4 Å². The van der Waals surface area contributed by atoms with Crippen molar-refractivity contribution in [3.05, 3.63) is 57.1 Å². The van der Waals surface area contributed by atoms with Gasteiger partial charge in [0.2, 0.25) is 0 Å². The summed E-state index contributed by atoms with van der Waals surface area (Å²) in [5.41, 5.74) is 4.38. The number of nitrogens with zero attached hydrogens (tertiary/aromatic N) is 2. The molecule has 0 fully saturated rings. The van der Waals surface area contributed by atoms with Crippen LogP contribution in [0.25, 0.3) is 10.9 Å². The molecule has 5 rings (SSSR count). The Bertz CT molecular complexity index is 1430. The third-order valence-electron chi connectivity index (χ3n) is 7.83. The lowest BCUT2D eigenvalue weighted by atomic mass is 9.88. The Morgan fingerprint density at radius 3 is 2.67 bits per heavy atom. The number of esters is 2. The van der Waals surface area contributed by atoms with Crippen molar-refractivity contribution in [3.63, 3.8) is 0 Å². The van der Waals surface area contributed by atoms with Crippen LogP contribution in [0.15, 0.2) is 24.3 Å². The van der Waals surface area contributed by atoms with Gasteiger partial charge in [-0.1, -0.05) is 39.0 Å². The third kappa shape index (κ3) is 5.30. The molecular formula is C30H35N3O5S. The summed E-state index contributed by atoms with van der Waals surface area (Å²) in [6.07, 6.45) is 2.64. The maximum Gasteiger partial charge on any atom is 0.341 e. The van der Waals surface area contributed by atoms with Gasteiger partial charge in [0.25, 0.3) is 5.91 Å². The first kappa shape index (κ1) is 27.3. The summed E-state index contributed by atoms with van der Waals surface area (Å²) >= 11 is 1.42. The Kier molecular flexibility index (Phi) is 8.00. The second-order valence-corrected chi connectivity index (χ2v) is 11.5. The lowest BCUT2D eigenvalue weighted by molar-refractivity contribution is -0.124. The number of nitrogens with one attached hydrogen (secondary N) is 1. The number of amides is 1. The van der Waals surface area contributed by atoms with Gasteiger partial charge in [0.05, 0.1) is 23.8 Å². The number of methoxy groups -OCH3 is 1. The summed E-state index contributed by atoms with van der Waals surface area (Å²) in [7, 11) is 1.35. The van der Waals surface area contributed by atoms with Gasteiger partial charge in [-0.3, -0.25) is 14.7 Å². The fourth-order valence-corrected chi connectivity index (χ4v) is 7.01. The van der Waals surface area contributed by atoms with E-state index in [0.29, 0.717) is 35.0 Å². The normalized spacial score (nSPS) is 17.7. The molecule has 2 atom stereocenters. The lowest BCUT2D eigenvalue weighted by Crippen LogP contribution is -2.35. The first-order chi connectivity index (χ1) is 18.8.